The van der Waals surface area contributed by atoms with E-state index in [1.165, 1.54) is 31.5 Å². The van der Waals surface area contributed by atoms with Crippen molar-refractivity contribution < 1.29 is 18.9 Å². The Balaban J connectivity index is 1.69. The van der Waals surface area contributed by atoms with Crippen LogP contribution in [0.15, 0.2) is 39.9 Å². The predicted molar refractivity (Wildman–Crippen MR) is 95.3 cm³/mol. The second-order valence-electron chi connectivity index (χ2n) is 5.33. The topological polar surface area (TPSA) is 177 Å². The van der Waals surface area contributed by atoms with E-state index in [2.05, 4.69) is 26.1 Å². The van der Waals surface area contributed by atoms with E-state index in [0.717, 1.165) is 4.68 Å². The molecule has 0 saturated carbocycles. The average Bonchev–Trinajstić information content (AvgIpc) is 3.30. The van der Waals surface area contributed by atoms with Crippen molar-refractivity contribution in [3.05, 3.63) is 46.2 Å². The van der Waals surface area contributed by atoms with Gasteiger partial charge in [-0.25, -0.2) is 10.1 Å². The van der Waals surface area contributed by atoms with Crippen molar-refractivity contribution >= 4 is 23.8 Å². The zero-order valence-electron chi connectivity index (χ0n) is 14.5. The summed E-state index contributed by atoms with van der Waals surface area (Å²) in [4.78, 5) is 22.2. The van der Waals surface area contributed by atoms with Crippen LogP contribution in [0.5, 0.6) is 5.75 Å². The highest BCUT2D eigenvalue weighted by atomic mass is 16.6. The highest BCUT2D eigenvalue weighted by molar-refractivity contribution is 5.81. The predicted octanol–water partition coefficient (Wildman–Crippen LogP) is 0.582. The molecule has 0 spiro atoms. The zero-order chi connectivity index (χ0) is 20.1. The second kappa shape index (κ2) is 7.94. The Bertz CT molecular complexity index is 1040. The van der Waals surface area contributed by atoms with Crippen LogP contribution < -0.4 is 15.9 Å². The number of non-ortho nitro benzene ring substituents is 1. The van der Waals surface area contributed by atoms with Gasteiger partial charge < -0.3 is 14.9 Å². The molecule has 0 aliphatic rings. The number of nitrogens with two attached hydrogens (primary N) is 1. The number of hydrogen-bond donors (Lipinski definition) is 2. The van der Waals surface area contributed by atoms with Crippen molar-refractivity contribution in [1.82, 2.24) is 25.6 Å². The molecule has 3 rings (SSSR count). The van der Waals surface area contributed by atoms with Crippen molar-refractivity contribution in [1.29, 1.82) is 0 Å². The van der Waals surface area contributed by atoms with Crippen LogP contribution in [-0.4, -0.2) is 44.4 Å². The summed E-state index contributed by atoms with van der Waals surface area (Å²) in [6.45, 7) is -0.204. The molecular weight excluding hydrogens is 372 g/mol. The van der Waals surface area contributed by atoms with Gasteiger partial charge in [0, 0.05) is 12.1 Å². The molecule has 1 aromatic carbocycles. The van der Waals surface area contributed by atoms with Gasteiger partial charge in [-0.1, -0.05) is 5.10 Å². The third-order valence-electron chi connectivity index (χ3n) is 3.52. The summed E-state index contributed by atoms with van der Waals surface area (Å²) < 4.78 is 11.9. The normalized spacial score (nSPS) is 10.9. The first kappa shape index (κ1) is 18.5. The van der Waals surface area contributed by atoms with Gasteiger partial charge in [-0.2, -0.15) is 5.10 Å². The number of amides is 1. The van der Waals surface area contributed by atoms with Crippen molar-refractivity contribution in [3.8, 4) is 17.1 Å². The molecule has 0 bridgehead atoms. The number of benzene rings is 1. The van der Waals surface area contributed by atoms with Crippen molar-refractivity contribution in [2.45, 2.75) is 6.54 Å². The number of anilines is 1. The molecular formula is C15H14N8O5. The molecule has 28 heavy (non-hydrogen) atoms. The third kappa shape index (κ3) is 4.09. The number of carbonyl (C=O) groups excluding carboxylic acids is 1. The second-order valence-corrected chi connectivity index (χ2v) is 5.33. The van der Waals surface area contributed by atoms with Crippen LogP contribution in [0, 0.1) is 10.1 Å². The van der Waals surface area contributed by atoms with Crippen LogP contribution in [0.3, 0.4) is 0 Å². The number of nitrogens with zero attached hydrogens (tertiary/aromatic N) is 6. The number of methoxy groups -OCH3 is 1. The zero-order valence-corrected chi connectivity index (χ0v) is 14.5. The number of nitrogen functional groups attached to an aromatic ring is 1. The van der Waals surface area contributed by atoms with E-state index in [4.69, 9.17) is 14.9 Å². The van der Waals surface area contributed by atoms with Crippen LogP contribution in [0.25, 0.3) is 11.3 Å². The largest absolute Gasteiger partial charge is 0.496 e. The van der Waals surface area contributed by atoms with E-state index in [1.807, 2.05) is 0 Å². The maximum absolute atomic E-state index is 11.8. The number of nitro benzene ring substituents is 1. The lowest BCUT2D eigenvalue weighted by atomic mass is 10.1. The van der Waals surface area contributed by atoms with Gasteiger partial charge in [0.1, 0.15) is 23.8 Å². The highest BCUT2D eigenvalue weighted by Gasteiger charge is 2.15. The van der Waals surface area contributed by atoms with Gasteiger partial charge in [-0.15, -0.1) is 0 Å². The molecule has 2 aromatic heterocycles. The molecule has 3 N–H and O–H groups in total. The molecule has 0 unspecified atom stereocenters. The fourth-order valence-electron chi connectivity index (χ4n) is 2.23. The highest BCUT2D eigenvalue weighted by Crippen LogP contribution is 2.34. The first-order valence-electron chi connectivity index (χ1n) is 7.74. The van der Waals surface area contributed by atoms with Crippen LogP contribution in [0.2, 0.25) is 0 Å². The fraction of sp³-hybridized carbons (Fsp3) is 0.133. The Morgan fingerprint density at radius 1 is 1.46 bits per heavy atom. The number of rotatable bonds is 7. The molecule has 2 heterocycles. The molecule has 144 valence electrons. The van der Waals surface area contributed by atoms with E-state index in [1.54, 1.807) is 12.1 Å². The molecule has 13 heteroatoms. The summed E-state index contributed by atoms with van der Waals surface area (Å²) in [7, 11) is 1.45. The number of hydrogen-bond acceptors (Lipinski definition) is 10. The Hall–Kier alpha value is -4.29. The Morgan fingerprint density at radius 2 is 2.29 bits per heavy atom. The Kier molecular flexibility index (Phi) is 5.25. The van der Waals surface area contributed by atoms with Crippen LogP contribution in [0.1, 0.15) is 5.76 Å². The number of nitro groups is 1. The maximum Gasteiger partial charge on any atom is 0.270 e. The summed E-state index contributed by atoms with van der Waals surface area (Å²) in [5.74, 6) is 0.569. The number of aromatic nitrogens is 4. The van der Waals surface area contributed by atoms with Crippen molar-refractivity contribution in [2.24, 2.45) is 5.10 Å². The van der Waals surface area contributed by atoms with Gasteiger partial charge >= 0.3 is 0 Å². The van der Waals surface area contributed by atoms with Gasteiger partial charge in [0.15, 0.2) is 0 Å². The van der Waals surface area contributed by atoms with Gasteiger partial charge in [-0.3, -0.25) is 14.9 Å². The molecule has 0 atom stereocenters. The van der Waals surface area contributed by atoms with E-state index in [9.17, 15) is 14.9 Å². The number of nitrogens with one attached hydrogen (secondary N) is 1. The number of hydrazone groups is 1. The molecule has 13 nitrogen and oxygen atoms in total. The summed E-state index contributed by atoms with van der Waals surface area (Å²) in [6, 6.07) is 7.35. The summed E-state index contributed by atoms with van der Waals surface area (Å²) in [6.07, 6.45) is 1.27. The van der Waals surface area contributed by atoms with Crippen LogP contribution >= 0.6 is 0 Å². The van der Waals surface area contributed by atoms with Gasteiger partial charge in [0.2, 0.25) is 5.95 Å². The molecule has 0 aliphatic carbocycles. The standard InChI is InChI=1S/C15H14N8O5/c1-27-12-4-2-9(23(25)26)6-11(12)13-5-3-10(28-13)7-17-18-14(24)8-22-15(16)19-20-21-22/h2-7H,8H2,1H3,(H,18,24)(H2,16,19,21)/b17-7+. The van der Waals surface area contributed by atoms with Gasteiger partial charge in [-0.05, 0) is 28.6 Å². The first-order valence-corrected chi connectivity index (χ1v) is 7.74. The number of furan rings is 1. The van der Waals surface area contributed by atoms with E-state index < -0.39 is 10.8 Å². The maximum atomic E-state index is 11.8. The first-order chi connectivity index (χ1) is 13.5. The molecule has 0 aliphatic heterocycles. The Morgan fingerprint density at radius 3 is 2.96 bits per heavy atom. The van der Waals surface area contributed by atoms with Crippen LogP contribution in [-0.2, 0) is 11.3 Å². The van der Waals surface area contributed by atoms with E-state index in [-0.39, 0.29) is 18.2 Å². The lowest BCUT2D eigenvalue weighted by Crippen LogP contribution is -2.24. The minimum Gasteiger partial charge on any atom is -0.496 e. The summed E-state index contributed by atoms with van der Waals surface area (Å²) >= 11 is 0. The SMILES string of the molecule is COc1ccc([N+](=O)[O-])cc1-c1ccc(/C=N/NC(=O)Cn2nnnc2N)o1. The smallest absolute Gasteiger partial charge is 0.270 e. The number of tetrazole rings is 1. The lowest BCUT2D eigenvalue weighted by molar-refractivity contribution is -0.384. The quantitative estimate of drug-likeness (QED) is 0.334. The van der Waals surface area contributed by atoms with Gasteiger partial charge in [0.05, 0.1) is 23.8 Å². The van der Waals surface area contributed by atoms with Crippen LogP contribution in [0.4, 0.5) is 11.6 Å². The third-order valence-corrected chi connectivity index (χ3v) is 3.52. The molecule has 1 amide bonds. The van der Waals surface area contributed by atoms with Crippen molar-refractivity contribution in [2.75, 3.05) is 12.8 Å². The molecule has 0 saturated heterocycles. The minimum atomic E-state index is -0.513. The van der Waals surface area contributed by atoms with Gasteiger partial charge in [0.25, 0.3) is 11.6 Å². The minimum absolute atomic E-state index is 0.000655. The summed E-state index contributed by atoms with van der Waals surface area (Å²) in [5.41, 5.74) is 8.05. The summed E-state index contributed by atoms with van der Waals surface area (Å²) in [5, 5.41) is 25.1. The van der Waals surface area contributed by atoms with Crippen molar-refractivity contribution in [3.63, 3.8) is 0 Å². The fourth-order valence-corrected chi connectivity index (χ4v) is 2.23. The molecule has 3 aromatic rings. The number of carbonyl (C=O) groups is 1. The van der Waals surface area contributed by atoms with E-state index >= 15 is 0 Å². The van der Waals surface area contributed by atoms with E-state index in [0.29, 0.717) is 22.8 Å². The molecule has 0 radical (unpaired) electrons. The molecule has 0 fully saturated rings. The average molecular weight is 386 g/mol. The monoisotopic (exact) mass is 386 g/mol. The number of ether oxygens (including phenoxy) is 1. The lowest BCUT2D eigenvalue weighted by Gasteiger charge is -2.05. The Labute approximate surface area is 156 Å².